The van der Waals surface area contributed by atoms with Gasteiger partial charge >= 0.3 is 0 Å². The van der Waals surface area contributed by atoms with Gasteiger partial charge in [-0.1, -0.05) is 17.7 Å². The molecular formula is C15H13FN2O3. The van der Waals surface area contributed by atoms with Gasteiger partial charge in [-0.2, -0.15) is 0 Å². The highest BCUT2D eigenvalue weighted by Crippen LogP contribution is 2.21. The third-order valence-corrected chi connectivity index (χ3v) is 3.12. The summed E-state index contributed by atoms with van der Waals surface area (Å²) in [7, 11) is 1.49. The topological polar surface area (TPSA) is 63.5 Å². The Morgan fingerprint density at radius 2 is 1.81 bits per heavy atom. The Balaban J connectivity index is 2.37. The number of nitro benzene ring substituents is 1. The van der Waals surface area contributed by atoms with Gasteiger partial charge in [-0.3, -0.25) is 14.9 Å². The molecule has 0 heterocycles. The van der Waals surface area contributed by atoms with Gasteiger partial charge in [0.2, 0.25) is 0 Å². The Morgan fingerprint density at radius 1 is 1.19 bits per heavy atom. The van der Waals surface area contributed by atoms with E-state index in [1.807, 2.05) is 19.1 Å². The number of benzene rings is 2. The molecule has 2 aromatic carbocycles. The van der Waals surface area contributed by atoms with Gasteiger partial charge in [-0.25, -0.2) is 4.39 Å². The summed E-state index contributed by atoms with van der Waals surface area (Å²) in [5.41, 5.74) is 0.960. The van der Waals surface area contributed by atoms with Crippen molar-refractivity contribution in [2.75, 3.05) is 11.9 Å². The number of carbonyl (C=O) groups excluding carboxylic acids is 1. The Kier molecular flexibility index (Phi) is 3.98. The molecule has 1 amide bonds. The van der Waals surface area contributed by atoms with Crippen molar-refractivity contribution in [1.29, 1.82) is 0 Å². The van der Waals surface area contributed by atoms with Crippen LogP contribution in [0.2, 0.25) is 0 Å². The molecule has 21 heavy (non-hydrogen) atoms. The molecule has 0 aliphatic heterocycles. The maximum absolute atomic E-state index is 13.8. The van der Waals surface area contributed by atoms with E-state index in [1.54, 1.807) is 12.1 Å². The fourth-order valence-electron chi connectivity index (χ4n) is 1.86. The number of anilines is 1. The number of halogens is 1. The molecule has 2 rings (SSSR count). The van der Waals surface area contributed by atoms with Crippen molar-refractivity contribution in [3.63, 3.8) is 0 Å². The predicted molar refractivity (Wildman–Crippen MR) is 77.0 cm³/mol. The number of aryl methyl sites for hydroxylation is 1. The number of rotatable bonds is 3. The van der Waals surface area contributed by atoms with Gasteiger partial charge in [0.25, 0.3) is 11.6 Å². The van der Waals surface area contributed by atoms with Crippen molar-refractivity contribution in [2.45, 2.75) is 6.92 Å². The van der Waals surface area contributed by atoms with Gasteiger partial charge in [0, 0.05) is 24.9 Å². The summed E-state index contributed by atoms with van der Waals surface area (Å²) >= 11 is 0. The van der Waals surface area contributed by atoms with Crippen LogP contribution in [0.15, 0.2) is 42.5 Å². The van der Waals surface area contributed by atoms with Gasteiger partial charge in [-0.15, -0.1) is 0 Å². The monoisotopic (exact) mass is 288 g/mol. The van der Waals surface area contributed by atoms with Crippen molar-refractivity contribution < 1.29 is 14.1 Å². The van der Waals surface area contributed by atoms with E-state index in [2.05, 4.69) is 0 Å². The van der Waals surface area contributed by atoms with E-state index < -0.39 is 16.6 Å². The summed E-state index contributed by atoms with van der Waals surface area (Å²) in [5, 5.41) is 10.7. The maximum atomic E-state index is 13.8. The lowest BCUT2D eigenvalue weighted by molar-refractivity contribution is -0.384. The number of carbonyl (C=O) groups is 1. The Bertz CT molecular complexity index is 699. The SMILES string of the molecule is Cc1ccc(N(C)C(=O)c2cc([N+](=O)[O-])ccc2F)cc1. The van der Waals surface area contributed by atoms with E-state index in [9.17, 15) is 19.3 Å². The van der Waals surface area contributed by atoms with E-state index in [4.69, 9.17) is 0 Å². The first-order valence-corrected chi connectivity index (χ1v) is 6.19. The number of hydrogen-bond donors (Lipinski definition) is 0. The molecule has 0 spiro atoms. The van der Waals surface area contributed by atoms with E-state index in [0.29, 0.717) is 5.69 Å². The van der Waals surface area contributed by atoms with Gasteiger partial charge in [-0.05, 0) is 25.1 Å². The smallest absolute Gasteiger partial charge is 0.270 e. The van der Waals surface area contributed by atoms with Crippen LogP contribution in [0.25, 0.3) is 0 Å². The van der Waals surface area contributed by atoms with E-state index in [0.717, 1.165) is 23.8 Å². The molecule has 5 nitrogen and oxygen atoms in total. The molecule has 0 saturated carbocycles. The third kappa shape index (κ3) is 3.05. The number of hydrogen-bond acceptors (Lipinski definition) is 3. The van der Waals surface area contributed by atoms with Crippen LogP contribution in [0.4, 0.5) is 15.8 Å². The van der Waals surface area contributed by atoms with Crippen LogP contribution in [-0.4, -0.2) is 17.9 Å². The second-order valence-corrected chi connectivity index (χ2v) is 4.62. The van der Waals surface area contributed by atoms with E-state index in [-0.39, 0.29) is 11.3 Å². The van der Waals surface area contributed by atoms with E-state index in [1.165, 1.54) is 11.9 Å². The van der Waals surface area contributed by atoms with Crippen molar-refractivity contribution in [3.8, 4) is 0 Å². The third-order valence-electron chi connectivity index (χ3n) is 3.12. The van der Waals surface area contributed by atoms with Crippen LogP contribution in [0.5, 0.6) is 0 Å². The fraction of sp³-hybridized carbons (Fsp3) is 0.133. The summed E-state index contributed by atoms with van der Waals surface area (Å²) < 4.78 is 13.8. The van der Waals surface area contributed by atoms with Crippen molar-refractivity contribution in [2.24, 2.45) is 0 Å². The highest BCUT2D eigenvalue weighted by molar-refractivity contribution is 6.06. The number of amides is 1. The lowest BCUT2D eigenvalue weighted by Gasteiger charge is -2.17. The van der Waals surface area contributed by atoms with Gasteiger partial charge in [0.05, 0.1) is 10.5 Å². The second-order valence-electron chi connectivity index (χ2n) is 4.62. The first kappa shape index (κ1) is 14.6. The van der Waals surface area contributed by atoms with Crippen LogP contribution >= 0.6 is 0 Å². The van der Waals surface area contributed by atoms with Gasteiger partial charge in [0.15, 0.2) is 0 Å². The minimum atomic E-state index is -0.787. The van der Waals surface area contributed by atoms with Crippen molar-refractivity contribution in [1.82, 2.24) is 0 Å². The van der Waals surface area contributed by atoms with Crippen LogP contribution in [0.3, 0.4) is 0 Å². The summed E-state index contributed by atoms with van der Waals surface area (Å²) in [5.74, 6) is -1.43. The molecule has 0 saturated heterocycles. The predicted octanol–water partition coefficient (Wildman–Crippen LogP) is 3.32. The largest absolute Gasteiger partial charge is 0.311 e. The molecule has 0 aliphatic rings. The average Bonchev–Trinajstić information content (AvgIpc) is 2.47. The molecule has 0 aromatic heterocycles. The number of non-ortho nitro benzene ring substituents is 1. The standard InChI is InChI=1S/C15H13FN2O3/c1-10-3-5-11(6-4-10)17(2)15(19)13-9-12(18(20)21)7-8-14(13)16/h3-9H,1-2H3. The normalized spacial score (nSPS) is 10.2. The average molecular weight is 288 g/mol. The Morgan fingerprint density at radius 3 is 2.38 bits per heavy atom. The first-order valence-electron chi connectivity index (χ1n) is 6.19. The van der Waals surface area contributed by atoms with Crippen LogP contribution < -0.4 is 4.90 Å². The van der Waals surface area contributed by atoms with E-state index >= 15 is 0 Å². The Labute approximate surface area is 120 Å². The highest BCUT2D eigenvalue weighted by atomic mass is 19.1. The highest BCUT2D eigenvalue weighted by Gasteiger charge is 2.20. The van der Waals surface area contributed by atoms with Crippen LogP contribution in [0.1, 0.15) is 15.9 Å². The molecule has 2 aromatic rings. The van der Waals surface area contributed by atoms with Gasteiger partial charge < -0.3 is 4.90 Å². The summed E-state index contributed by atoms with van der Waals surface area (Å²) in [6.45, 7) is 1.91. The van der Waals surface area contributed by atoms with Crippen molar-refractivity contribution >= 4 is 17.3 Å². The number of nitro groups is 1. The van der Waals surface area contributed by atoms with Gasteiger partial charge in [0.1, 0.15) is 5.82 Å². The van der Waals surface area contributed by atoms with Crippen LogP contribution in [0, 0.1) is 22.9 Å². The zero-order chi connectivity index (χ0) is 15.6. The Hall–Kier alpha value is -2.76. The second kappa shape index (κ2) is 5.70. The molecule has 0 aliphatic carbocycles. The summed E-state index contributed by atoms with van der Waals surface area (Å²) in [6, 6.07) is 9.99. The minimum Gasteiger partial charge on any atom is -0.311 e. The fourth-order valence-corrected chi connectivity index (χ4v) is 1.86. The summed E-state index contributed by atoms with van der Waals surface area (Å²) in [6.07, 6.45) is 0. The molecule has 0 bridgehead atoms. The zero-order valence-corrected chi connectivity index (χ0v) is 11.5. The zero-order valence-electron chi connectivity index (χ0n) is 11.5. The molecule has 108 valence electrons. The molecule has 0 N–H and O–H groups in total. The quantitative estimate of drug-likeness (QED) is 0.643. The first-order chi connectivity index (χ1) is 9.90. The number of nitrogens with zero attached hydrogens (tertiary/aromatic N) is 2. The molecule has 0 fully saturated rings. The van der Waals surface area contributed by atoms with Crippen molar-refractivity contribution in [3.05, 3.63) is 69.5 Å². The lowest BCUT2D eigenvalue weighted by atomic mass is 10.1. The molecule has 6 heteroatoms. The maximum Gasteiger partial charge on any atom is 0.270 e. The minimum absolute atomic E-state index is 0.322. The molecule has 0 unspecified atom stereocenters. The molecular weight excluding hydrogens is 275 g/mol. The van der Waals surface area contributed by atoms with Crippen LogP contribution in [-0.2, 0) is 0 Å². The lowest BCUT2D eigenvalue weighted by Crippen LogP contribution is -2.27. The summed E-state index contributed by atoms with van der Waals surface area (Å²) in [4.78, 5) is 23.6. The molecule has 0 atom stereocenters. The molecule has 0 radical (unpaired) electrons.